The van der Waals surface area contributed by atoms with Gasteiger partial charge in [-0.3, -0.25) is 4.79 Å². The summed E-state index contributed by atoms with van der Waals surface area (Å²) in [7, 11) is 1.34. The van der Waals surface area contributed by atoms with Crippen molar-refractivity contribution in [2.75, 3.05) is 7.11 Å². The van der Waals surface area contributed by atoms with Crippen molar-refractivity contribution in [3.63, 3.8) is 0 Å². The predicted molar refractivity (Wildman–Crippen MR) is 104 cm³/mol. The molecule has 134 valence electrons. The Morgan fingerprint density at radius 3 is 2.00 bits per heavy atom. The molecule has 0 unspecified atom stereocenters. The van der Waals surface area contributed by atoms with Crippen LogP contribution in [0.4, 0.5) is 0 Å². The van der Waals surface area contributed by atoms with Crippen LogP contribution in [-0.4, -0.2) is 25.0 Å². The van der Waals surface area contributed by atoms with Crippen molar-refractivity contribution in [1.82, 2.24) is 5.32 Å². The molecule has 0 aliphatic rings. The number of amides is 1. The van der Waals surface area contributed by atoms with Crippen molar-refractivity contribution in [2.24, 2.45) is 5.92 Å². The number of methoxy groups -OCH3 is 1. The van der Waals surface area contributed by atoms with Crippen LogP contribution >= 0.6 is 0 Å². The van der Waals surface area contributed by atoms with E-state index >= 15 is 0 Å². The smallest absolute Gasteiger partial charge is 0.328 e. The molecule has 1 N–H and O–H groups in total. The molecule has 0 bridgehead atoms. The molecular weight excluding hydrogens is 326 g/mol. The Labute approximate surface area is 153 Å². The van der Waals surface area contributed by atoms with E-state index in [0.29, 0.717) is 12.0 Å². The summed E-state index contributed by atoms with van der Waals surface area (Å²) in [6.45, 7) is 4.02. The van der Waals surface area contributed by atoms with E-state index in [2.05, 4.69) is 11.4 Å². The number of ether oxygens (including phenoxy) is 1. The minimum atomic E-state index is -0.662. The molecule has 1 atom stereocenters. The van der Waals surface area contributed by atoms with Gasteiger partial charge in [0.2, 0.25) is 0 Å². The van der Waals surface area contributed by atoms with E-state index in [1.54, 1.807) is 0 Å². The predicted octanol–water partition coefficient (Wildman–Crippen LogP) is 4.31. The molecule has 3 rings (SSSR count). The van der Waals surface area contributed by atoms with E-state index < -0.39 is 12.0 Å². The average Bonchev–Trinajstić information content (AvgIpc) is 2.64. The summed E-state index contributed by atoms with van der Waals surface area (Å²) in [5, 5.41) is 6.62. The number of carbonyl (C=O) groups is 2. The van der Waals surface area contributed by atoms with Gasteiger partial charge in [-0.1, -0.05) is 62.4 Å². The minimum absolute atomic E-state index is 0.253. The van der Waals surface area contributed by atoms with Crippen LogP contribution in [0.3, 0.4) is 0 Å². The molecule has 26 heavy (non-hydrogen) atoms. The van der Waals surface area contributed by atoms with E-state index in [4.69, 9.17) is 4.74 Å². The first kappa shape index (κ1) is 17.9. The lowest BCUT2D eigenvalue weighted by Gasteiger charge is -2.19. The highest BCUT2D eigenvalue weighted by molar-refractivity contribution is 6.18. The molecule has 4 heteroatoms. The summed E-state index contributed by atoms with van der Waals surface area (Å²) in [5.41, 5.74) is 0.594. The molecular formula is C22H23NO3. The van der Waals surface area contributed by atoms with Gasteiger partial charge in [-0.25, -0.2) is 4.79 Å². The number of benzene rings is 3. The second-order valence-electron chi connectivity index (χ2n) is 6.87. The van der Waals surface area contributed by atoms with Gasteiger partial charge in [0.25, 0.3) is 5.91 Å². The third-order valence-corrected chi connectivity index (χ3v) is 4.50. The van der Waals surface area contributed by atoms with Gasteiger partial charge >= 0.3 is 5.97 Å². The van der Waals surface area contributed by atoms with Crippen LogP contribution in [0.25, 0.3) is 21.5 Å². The average molecular weight is 349 g/mol. The number of hydrogen-bond donors (Lipinski definition) is 1. The monoisotopic (exact) mass is 349 g/mol. The number of hydrogen-bond acceptors (Lipinski definition) is 3. The Morgan fingerprint density at radius 1 is 0.962 bits per heavy atom. The summed E-state index contributed by atoms with van der Waals surface area (Å²) in [5.74, 6) is -0.422. The van der Waals surface area contributed by atoms with Gasteiger partial charge in [-0.15, -0.1) is 0 Å². The maximum absolute atomic E-state index is 13.2. The standard InChI is InChI=1S/C22H23NO3/c1-14(2)12-19(22(25)26-3)23-21(24)20-17-10-6-4-8-15(17)13-16-9-5-7-11-18(16)20/h4-11,13-14,19H,12H2,1-3H3,(H,23,24)/t19-/m1/s1. The van der Waals surface area contributed by atoms with Crippen LogP contribution in [0, 0.1) is 5.92 Å². The van der Waals surface area contributed by atoms with Gasteiger partial charge in [0, 0.05) is 0 Å². The number of fused-ring (bicyclic) bond motifs is 2. The topological polar surface area (TPSA) is 55.4 Å². The maximum Gasteiger partial charge on any atom is 0.328 e. The van der Waals surface area contributed by atoms with Gasteiger partial charge in [0.15, 0.2) is 0 Å². The fraction of sp³-hybridized carbons (Fsp3) is 0.273. The molecule has 0 saturated heterocycles. The van der Waals surface area contributed by atoms with Crippen molar-refractivity contribution in [3.05, 3.63) is 60.2 Å². The van der Waals surface area contributed by atoms with E-state index in [1.807, 2.05) is 62.4 Å². The van der Waals surface area contributed by atoms with Gasteiger partial charge < -0.3 is 10.1 Å². The van der Waals surface area contributed by atoms with E-state index in [-0.39, 0.29) is 11.8 Å². The van der Waals surface area contributed by atoms with Crippen molar-refractivity contribution < 1.29 is 14.3 Å². The fourth-order valence-corrected chi connectivity index (χ4v) is 3.32. The van der Waals surface area contributed by atoms with E-state index in [1.165, 1.54) is 7.11 Å². The number of nitrogens with one attached hydrogen (secondary N) is 1. The van der Waals surface area contributed by atoms with E-state index in [9.17, 15) is 9.59 Å². The summed E-state index contributed by atoms with van der Waals surface area (Å²) in [6.07, 6.45) is 0.529. The summed E-state index contributed by atoms with van der Waals surface area (Å²) in [4.78, 5) is 25.3. The normalized spacial score (nSPS) is 12.3. The van der Waals surface area contributed by atoms with Gasteiger partial charge in [0.05, 0.1) is 12.7 Å². The van der Waals surface area contributed by atoms with E-state index in [0.717, 1.165) is 21.5 Å². The zero-order valence-corrected chi connectivity index (χ0v) is 15.3. The first-order valence-electron chi connectivity index (χ1n) is 8.80. The zero-order chi connectivity index (χ0) is 18.7. The largest absolute Gasteiger partial charge is 0.467 e. The summed E-state index contributed by atoms with van der Waals surface area (Å²) in [6, 6.07) is 17.0. The highest BCUT2D eigenvalue weighted by Gasteiger charge is 2.25. The SMILES string of the molecule is COC(=O)[C@@H](CC(C)C)NC(=O)c1c2ccccc2cc2ccccc12. The third-order valence-electron chi connectivity index (χ3n) is 4.50. The van der Waals surface area contributed by atoms with Crippen LogP contribution in [0.5, 0.6) is 0 Å². The lowest BCUT2D eigenvalue weighted by atomic mass is 9.95. The quantitative estimate of drug-likeness (QED) is 0.551. The molecule has 0 aliphatic carbocycles. The molecule has 0 aromatic heterocycles. The molecule has 0 heterocycles. The first-order valence-corrected chi connectivity index (χ1v) is 8.80. The van der Waals surface area contributed by atoms with Gasteiger partial charge in [0.1, 0.15) is 6.04 Å². The molecule has 0 fully saturated rings. The second kappa shape index (κ2) is 7.56. The third kappa shape index (κ3) is 3.54. The van der Waals surface area contributed by atoms with Crippen molar-refractivity contribution in [3.8, 4) is 0 Å². The molecule has 3 aromatic carbocycles. The lowest BCUT2D eigenvalue weighted by Crippen LogP contribution is -2.42. The fourth-order valence-electron chi connectivity index (χ4n) is 3.32. The highest BCUT2D eigenvalue weighted by Crippen LogP contribution is 2.28. The molecule has 0 spiro atoms. The minimum Gasteiger partial charge on any atom is -0.467 e. The van der Waals surface area contributed by atoms with Crippen molar-refractivity contribution >= 4 is 33.4 Å². The first-order chi connectivity index (χ1) is 12.5. The number of esters is 1. The van der Waals surface area contributed by atoms with Crippen molar-refractivity contribution in [2.45, 2.75) is 26.3 Å². The molecule has 0 saturated carbocycles. The molecule has 1 amide bonds. The van der Waals surface area contributed by atoms with Crippen molar-refractivity contribution in [1.29, 1.82) is 0 Å². The van der Waals surface area contributed by atoms with Crippen LogP contribution in [0.1, 0.15) is 30.6 Å². The molecule has 0 radical (unpaired) electrons. The Morgan fingerprint density at radius 2 is 1.50 bits per heavy atom. The number of carbonyl (C=O) groups excluding carboxylic acids is 2. The second-order valence-corrected chi connectivity index (χ2v) is 6.87. The Kier molecular flexibility index (Phi) is 5.21. The number of rotatable bonds is 5. The van der Waals surface area contributed by atoms with Gasteiger partial charge in [-0.05, 0) is 39.9 Å². The molecule has 0 aliphatic heterocycles. The van der Waals surface area contributed by atoms with Crippen LogP contribution in [-0.2, 0) is 9.53 Å². The Balaban J connectivity index is 2.09. The van der Waals surface area contributed by atoms with Crippen LogP contribution in [0.15, 0.2) is 54.6 Å². The maximum atomic E-state index is 13.2. The summed E-state index contributed by atoms with van der Waals surface area (Å²) < 4.78 is 4.87. The highest BCUT2D eigenvalue weighted by atomic mass is 16.5. The molecule has 4 nitrogen and oxygen atoms in total. The summed E-state index contributed by atoms with van der Waals surface area (Å²) >= 11 is 0. The Bertz CT molecular complexity index is 908. The molecule has 3 aromatic rings. The Hall–Kier alpha value is -2.88. The zero-order valence-electron chi connectivity index (χ0n) is 15.3. The van der Waals surface area contributed by atoms with Crippen LogP contribution in [0.2, 0.25) is 0 Å². The van der Waals surface area contributed by atoms with Crippen LogP contribution < -0.4 is 5.32 Å². The van der Waals surface area contributed by atoms with Gasteiger partial charge in [-0.2, -0.15) is 0 Å². The lowest BCUT2D eigenvalue weighted by molar-refractivity contribution is -0.143.